The van der Waals surface area contributed by atoms with Gasteiger partial charge in [-0.05, 0) is 55.7 Å². The van der Waals surface area contributed by atoms with E-state index in [9.17, 15) is 4.79 Å². The van der Waals surface area contributed by atoms with Crippen molar-refractivity contribution in [2.75, 3.05) is 59.7 Å². The van der Waals surface area contributed by atoms with Crippen molar-refractivity contribution in [3.05, 3.63) is 40.2 Å². The Balaban J connectivity index is 1.45. The highest BCUT2D eigenvalue weighted by atomic mass is 32.1. The van der Waals surface area contributed by atoms with Crippen molar-refractivity contribution in [1.82, 2.24) is 20.1 Å². The lowest BCUT2D eigenvalue weighted by molar-refractivity contribution is 0.0367. The molecule has 9 heteroatoms. The van der Waals surface area contributed by atoms with E-state index in [1.165, 1.54) is 0 Å². The monoisotopic (exact) mass is 474 g/mol. The molecule has 8 nitrogen and oxygen atoms in total. The molecule has 2 aromatic rings. The number of aromatic amines is 1. The van der Waals surface area contributed by atoms with E-state index in [1.807, 2.05) is 24.3 Å². The first-order valence-corrected chi connectivity index (χ1v) is 12.2. The van der Waals surface area contributed by atoms with Crippen LogP contribution in [0.3, 0.4) is 0 Å². The lowest BCUT2D eigenvalue weighted by Crippen LogP contribution is -2.44. The van der Waals surface area contributed by atoms with Gasteiger partial charge in [-0.15, -0.1) is 0 Å². The van der Waals surface area contributed by atoms with E-state index < -0.39 is 0 Å². The van der Waals surface area contributed by atoms with Crippen LogP contribution in [0.25, 0.3) is 10.9 Å². The Kier molecular flexibility index (Phi) is 8.55. The molecule has 0 spiro atoms. The van der Waals surface area contributed by atoms with Crippen molar-refractivity contribution in [2.24, 2.45) is 0 Å². The number of aromatic nitrogens is 1. The number of ether oxygens (including phenoxy) is 3. The van der Waals surface area contributed by atoms with Crippen LogP contribution in [0.5, 0.6) is 5.75 Å². The average molecular weight is 475 g/mol. The summed E-state index contributed by atoms with van der Waals surface area (Å²) in [5, 5.41) is 4.98. The summed E-state index contributed by atoms with van der Waals surface area (Å²) in [5.41, 5.74) is 1.39. The van der Waals surface area contributed by atoms with Crippen LogP contribution in [0.15, 0.2) is 29.1 Å². The van der Waals surface area contributed by atoms with Crippen molar-refractivity contribution < 1.29 is 14.2 Å². The van der Waals surface area contributed by atoms with Gasteiger partial charge in [-0.25, -0.2) is 0 Å². The summed E-state index contributed by atoms with van der Waals surface area (Å²) in [6, 6.07) is 7.59. The number of benzene rings is 1. The predicted octanol–water partition coefficient (Wildman–Crippen LogP) is 2.11. The van der Waals surface area contributed by atoms with Gasteiger partial charge in [-0.2, -0.15) is 0 Å². The van der Waals surface area contributed by atoms with Gasteiger partial charge in [0.05, 0.1) is 33.0 Å². The Morgan fingerprint density at radius 2 is 2.15 bits per heavy atom. The summed E-state index contributed by atoms with van der Waals surface area (Å²) in [4.78, 5) is 20.3. The fraction of sp³-hybridized carbons (Fsp3) is 0.583. The molecule has 0 saturated carbocycles. The van der Waals surface area contributed by atoms with E-state index in [4.69, 9.17) is 26.4 Å². The molecule has 180 valence electrons. The lowest BCUT2D eigenvalue weighted by Gasteiger charge is -2.30. The van der Waals surface area contributed by atoms with Gasteiger partial charge in [0.2, 0.25) is 0 Å². The van der Waals surface area contributed by atoms with Gasteiger partial charge >= 0.3 is 0 Å². The van der Waals surface area contributed by atoms with E-state index >= 15 is 0 Å². The predicted molar refractivity (Wildman–Crippen MR) is 133 cm³/mol. The number of pyridine rings is 1. The van der Waals surface area contributed by atoms with E-state index in [0.29, 0.717) is 23.8 Å². The number of nitrogens with zero attached hydrogens (tertiary/aromatic N) is 2. The van der Waals surface area contributed by atoms with Gasteiger partial charge in [0.25, 0.3) is 5.56 Å². The Labute approximate surface area is 200 Å². The SMILES string of the molecule is COc1ccc2[nH]c(=O)c(CN(CCCN3CCOCC3)C(=S)NCC3CCCO3)cc2c1. The van der Waals surface area contributed by atoms with Crippen molar-refractivity contribution in [3.63, 3.8) is 0 Å². The number of methoxy groups -OCH3 is 1. The highest BCUT2D eigenvalue weighted by molar-refractivity contribution is 7.80. The number of hydrogen-bond donors (Lipinski definition) is 2. The molecule has 0 bridgehead atoms. The first-order chi connectivity index (χ1) is 16.1. The maximum absolute atomic E-state index is 12.8. The van der Waals surface area contributed by atoms with Crippen molar-refractivity contribution >= 4 is 28.2 Å². The molecule has 0 aliphatic carbocycles. The van der Waals surface area contributed by atoms with Crippen LogP contribution in [0, 0.1) is 0 Å². The fourth-order valence-corrected chi connectivity index (χ4v) is 4.60. The zero-order chi connectivity index (χ0) is 23.0. The average Bonchev–Trinajstić information content (AvgIpc) is 3.36. The van der Waals surface area contributed by atoms with Crippen LogP contribution in [-0.4, -0.2) is 85.7 Å². The first kappa shape index (κ1) is 23.9. The second-order valence-electron chi connectivity index (χ2n) is 8.63. The number of H-pyrrole nitrogens is 1. The molecule has 2 aliphatic heterocycles. The van der Waals surface area contributed by atoms with Crippen LogP contribution in [0.1, 0.15) is 24.8 Å². The highest BCUT2D eigenvalue weighted by Gasteiger charge is 2.19. The summed E-state index contributed by atoms with van der Waals surface area (Å²) in [5.74, 6) is 0.761. The molecule has 2 fully saturated rings. The second kappa shape index (κ2) is 11.8. The van der Waals surface area contributed by atoms with Crippen molar-refractivity contribution in [1.29, 1.82) is 0 Å². The molecule has 2 aliphatic rings. The molecule has 1 unspecified atom stereocenters. The third-order valence-electron chi connectivity index (χ3n) is 6.29. The standard InChI is InChI=1S/C24H34N4O4S/c1-30-20-5-6-22-18(15-20)14-19(23(29)26-22)17-28(8-3-7-27-9-12-31-13-10-27)24(33)25-16-21-4-2-11-32-21/h5-6,14-15,21H,2-4,7-13,16-17H2,1H3,(H,25,33)(H,26,29). The molecule has 2 N–H and O–H groups in total. The highest BCUT2D eigenvalue weighted by Crippen LogP contribution is 2.19. The lowest BCUT2D eigenvalue weighted by atomic mass is 10.1. The van der Waals surface area contributed by atoms with Crippen LogP contribution >= 0.6 is 12.2 Å². The summed E-state index contributed by atoms with van der Waals surface area (Å²) in [6.07, 6.45) is 3.31. The molecular weight excluding hydrogens is 440 g/mol. The topological polar surface area (TPSA) is 79.1 Å². The van der Waals surface area contributed by atoms with E-state index in [2.05, 4.69) is 20.1 Å². The first-order valence-electron chi connectivity index (χ1n) is 11.8. The fourth-order valence-electron chi connectivity index (χ4n) is 4.36. The van der Waals surface area contributed by atoms with Crippen LogP contribution in [0.2, 0.25) is 0 Å². The number of fused-ring (bicyclic) bond motifs is 1. The number of thiocarbonyl (C=S) groups is 1. The Morgan fingerprint density at radius 3 is 2.91 bits per heavy atom. The Morgan fingerprint density at radius 1 is 1.30 bits per heavy atom. The number of morpholine rings is 1. The largest absolute Gasteiger partial charge is 0.497 e. The summed E-state index contributed by atoms with van der Waals surface area (Å²) >= 11 is 5.75. The molecule has 2 saturated heterocycles. The van der Waals surface area contributed by atoms with Crippen molar-refractivity contribution in [2.45, 2.75) is 31.9 Å². The Hall–Kier alpha value is -2.20. The van der Waals surface area contributed by atoms with Crippen LogP contribution in [0.4, 0.5) is 0 Å². The van der Waals surface area contributed by atoms with Gasteiger partial charge < -0.3 is 29.4 Å². The second-order valence-corrected chi connectivity index (χ2v) is 9.01. The zero-order valence-electron chi connectivity index (χ0n) is 19.3. The summed E-state index contributed by atoms with van der Waals surface area (Å²) in [6.45, 7) is 7.24. The molecule has 1 atom stereocenters. The molecule has 0 radical (unpaired) electrons. The van der Waals surface area contributed by atoms with Crippen LogP contribution in [-0.2, 0) is 16.0 Å². The molecule has 4 rings (SSSR count). The number of nitrogens with one attached hydrogen (secondary N) is 2. The normalized spacial score (nSPS) is 19.0. The minimum atomic E-state index is -0.0900. The Bertz CT molecular complexity index is 986. The summed E-state index contributed by atoms with van der Waals surface area (Å²) < 4.78 is 16.5. The third-order valence-corrected chi connectivity index (χ3v) is 6.69. The minimum absolute atomic E-state index is 0.0900. The van der Waals surface area contributed by atoms with E-state index in [0.717, 1.165) is 81.9 Å². The molecule has 1 aromatic carbocycles. The molecule has 33 heavy (non-hydrogen) atoms. The van der Waals surface area contributed by atoms with E-state index in [1.54, 1.807) is 7.11 Å². The molecular formula is C24H34N4O4S. The van der Waals surface area contributed by atoms with Gasteiger partial charge in [0, 0.05) is 55.8 Å². The molecule has 1 aromatic heterocycles. The maximum atomic E-state index is 12.8. The number of rotatable bonds is 9. The van der Waals surface area contributed by atoms with Gasteiger partial charge in [-0.1, -0.05) is 0 Å². The van der Waals surface area contributed by atoms with Gasteiger partial charge in [0.15, 0.2) is 5.11 Å². The molecule has 3 heterocycles. The number of hydrogen-bond acceptors (Lipinski definition) is 6. The smallest absolute Gasteiger partial charge is 0.253 e. The van der Waals surface area contributed by atoms with E-state index in [-0.39, 0.29) is 11.7 Å². The van der Waals surface area contributed by atoms with Crippen LogP contribution < -0.4 is 15.6 Å². The van der Waals surface area contributed by atoms with Gasteiger partial charge in [-0.3, -0.25) is 9.69 Å². The van der Waals surface area contributed by atoms with Crippen molar-refractivity contribution in [3.8, 4) is 5.75 Å². The molecule has 0 amide bonds. The third kappa shape index (κ3) is 6.66. The quantitative estimate of drug-likeness (QED) is 0.535. The zero-order valence-corrected chi connectivity index (χ0v) is 20.1. The van der Waals surface area contributed by atoms with Gasteiger partial charge in [0.1, 0.15) is 5.75 Å². The summed E-state index contributed by atoms with van der Waals surface area (Å²) in [7, 11) is 1.64. The minimum Gasteiger partial charge on any atom is -0.497 e. The maximum Gasteiger partial charge on any atom is 0.253 e.